The van der Waals surface area contributed by atoms with Crippen molar-refractivity contribution < 1.29 is 42.3 Å². The molecule has 3 atom stereocenters. The van der Waals surface area contributed by atoms with Gasteiger partial charge in [0.05, 0.1) is 0 Å². The van der Waals surface area contributed by atoms with Gasteiger partial charge in [0.25, 0.3) is 0 Å². The lowest BCUT2D eigenvalue weighted by molar-refractivity contribution is -0.137. The summed E-state index contributed by atoms with van der Waals surface area (Å²) in [6.45, 7) is 11.6. The fraction of sp³-hybridized carbons (Fsp3) is 0.667. The molecule has 0 saturated heterocycles. The van der Waals surface area contributed by atoms with Crippen LogP contribution in [0.4, 0.5) is 8.78 Å². The van der Waals surface area contributed by atoms with Gasteiger partial charge in [-0.25, -0.2) is 0 Å². The van der Waals surface area contributed by atoms with Crippen LogP contribution in [0.3, 0.4) is 0 Å². The summed E-state index contributed by atoms with van der Waals surface area (Å²) in [7, 11) is -5.75. The van der Waals surface area contributed by atoms with E-state index >= 15 is 0 Å². The number of hydrogen-bond acceptors (Lipinski definition) is 5. The Morgan fingerprint density at radius 1 is 0.864 bits per heavy atom. The molecule has 250 valence electrons. The van der Waals surface area contributed by atoms with E-state index in [0.717, 1.165) is 50.7 Å². The number of amides is 4. The van der Waals surface area contributed by atoms with Crippen LogP contribution in [0.2, 0.25) is 0 Å². The zero-order valence-corrected chi connectivity index (χ0v) is 27.5. The van der Waals surface area contributed by atoms with Gasteiger partial charge in [0.1, 0.15) is 18.1 Å². The summed E-state index contributed by atoms with van der Waals surface area (Å²) in [5.41, 5.74) is -4.97. The molecule has 1 unspecified atom stereocenters. The number of alkyl halides is 2. The van der Waals surface area contributed by atoms with Crippen molar-refractivity contribution in [2.75, 3.05) is 13.1 Å². The smallest absolute Gasteiger partial charge is 0.344 e. The average molecular weight is 647 g/mol. The van der Waals surface area contributed by atoms with Crippen molar-refractivity contribution in [1.29, 1.82) is 0 Å². The number of nitrogens with zero attached hydrogens (tertiary/aromatic N) is 1. The van der Waals surface area contributed by atoms with Crippen LogP contribution in [0.1, 0.15) is 91.2 Å². The molecule has 5 N–H and O–H groups in total. The number of rotatable bonds is 19. The first-order valence-electron chi connectivity index (χ1n) is 15.2. The van der Waals surface area contributed by atoms with Crippen LogP contribution in [0, 0.1) is 5.92 Å². The van der Waals surface area contributed by atoms with E-state index in [1.54, 1.807) is 25.7 Å². The molecule has 1 aromatic rings. The largest absolute Gasteiger partial charge is 0.399 e. The molecular weight excluding hydrogens is 597 g/mol. The van der Waals surface area contributed by atoms with Gasteiger partial charge in [0.15, 0.2) is 0 Å². The number of unbranched alkanes of at least 4 members (excludes halogenated alkanes) is 4. The van der Waals surface area contributed by atoms with Crippen molar-refractivity contribution in [1.82, 2.24) is 20.9 Å². The molecule has 1 rings (SSSR count). The van der Waals surface area contributed by atoms with Gasteiger partial charge in [-0.2, -0.15) is 8.78 Å². The molecule has 1 aromatic carbocycles. The molecule has 0 fully saturated rings. The molecule has 0 heterocycles. The van der Waals surface area contributed by atoms with Crippen LogP contribution >= 0.6 is 7.60 Å². The normalized spacial score (nSPS) is 14.0. The van der Waals surface area contributed by atoms with Gasteiger partial charge in [-0.3, -0.25) is 23.7 Å². The summed E-state index contributed by atoms with van der Waals surface area (Å²) < 4.78 is 39.2. The lowest BCUT2D eigenvalue weighted by Crippen LogP contribution is -2.58. The Morgan fingerprint density at radius 3 is 1.82 bits per heavy atom. The molecule has 0 aliphatic carbocycles. The second kappa shape index (κ2) is 18.2. The molecule has 0 aliphatic rings. The van der Waals surface area contributed by atoms with Gasteiger partial charge in [-0.15, -0.1) is 0 Å². The highest BCUT2D eigenvalue weighted by Gasteiger charge is 2.50. The fourth-order valence-electron chi connectivity index (χ4n) is 4.56. The summed E-state index contributed by atoms with van der Waals surface area (Å²) in [5.74, 6) is -2.42. The summed E-state index contributed by atoms with van der Waals surface area (Å²) in [4.78, 5) is 71.4. The Hall–Kier alpha value is -2.89. The Balaban J connectivity index is 3.04. The van der Waals surface area contributed by atoms with E-state index in [1.165, 1.54) is 19.1 Å². The summed E-state index contributed by atoms with van der Waals surface area (Å²) in [5, 5.41) is 7.85. The molecule has 0 aliphatic heterocycles. The highest BCUT2D eigenvalue weighted by molar-refractivity contribution is 7.52. The Morgan fingerprint density at radius 2 is 1.39 bits per heavy atom. The maximum absolute atomic E-state index is 14.0. The Bertz CT molecular complexity index is 1130. The van der Waals surface area contributed by atoms with Crippen molar-refractivity contribution in [3.05, 3.63) is 35.4 Å². The minimum absolute atomic E-state index is 0.154. The average Bonchev–Trinajstić information content (AvgIpc) is 2.93. The van der Waals surface area contributed by atoms with Gasteiger partial charge >= 0.3 is 13.3 Å². The molecule has 0 aromatic heterocycles. The summed E-state index contributed by atoms with van der Waals surface area (Å²) >= 11 is 0. The van der Waals surface area contributed by atoms with E-state index in [1.807, 2.05) is 0 Å². The van der Waals surface area contributed by atoms with Crippen molar-refractivity contribution in [3.8, 4) is 0 Å². The van der Waals surface area contributed by atoms with E-state index in [0.29, 0.717) is 18.7 Å². The molecule has 14 heteroatoms. The molecule has 4 amide bonds. The standard InChI is InChI=1S/C30H49F2N4O7P/c1-7-9-11-17-36(18-12-10-8-2)29(40)21(5)33-28(39)26(20(3)4)35-27(38)25(34-22(6)37)19-23-13-15-24(16-14-23)30(31,32)44(41,42)43/h13-16,20-21,25-26H,7-12,17-19H2,1-6H3,(H,33,39)(H,34,37)(H,35,38)(H2,41,42,43)/t21?,25-,26+/m1/s1. The first-order valence-corrected chi connectivity index (χ1v) is 16.8. The van der Waals surface area contributed by atoms with Gasteiger partial charge in [-0.05, 0) is 31.2 Å². The number of benzene rings is 1. The number of carbonyl (C=O) groups excluding carboxylic acids is 4. The van der Waals surface area contributed by atoms with Crippen molar-refractivity contribution in [2.45, 2.75) is 110 Å². The van der Waals surface area contributed by atoms with Crippen LogP contribution in [-0.4, -0.2) is 69.5 Å². The van der Waals surface area contributed by atoms with Crippen LogP contribution < -0.4 is 16.0 Å². The second-order valence-electron chi connectivity index (χ2n) is 11.4. The molecule has 0 radical (unpaired) electrons. The topological polar surface area (TPSA) is 165 Å². The Labute approximate surface area is 259 Å². The van der Waals surface area contributed by atoms with Gasteiger partial charge in [-0.1, -0.05) is 77.6 Å². The predicted octanol–water partition coefficient (Wildman–Crippen LogP) is 3.82. The molecule has 0 bridgehead atoms. The van der Waals surface area contributed by atoms with Crippen LogP contribution in [0.15, 0.2) is 24.3 Å². The van der Waals surface area contributed by atoms with E-state index in [-0.39, 0.29) is 12.3 Å². The molecule has 0 spiro atoms. The van der Waals surface area contributed by atoms with Crippen molar-refractivity contribution in [3.63, 3.8) is 0 Å². The first kappa shape index (κ1) is 39.1. The van der Waals surface area contributed by atoms with Crippen molar-refractivity contribution in [2.24, 2.45) is 5.92 Å². The minimum Gasteiger partial charge on any atom is -0.344 e. The quantitative estimate of drug-likeness (QED) is 0.113. The predicted molar refractivity (Wildman–Crippen MR) is 164 cm³/mol. The second-order valence-corrected chi connectivity index (χ2v) is 13.1. The van der Waals surface area contributed by atoms with Gasteiger partial charge in [0.2, 0.25) is 23.6 Å². The van der Waals surface area contributed by atoms with E-state index < -0.39 is 60.6 Å². The van der Waals surface area contributed by atoms with Gasteiger partial charge < -0.3 is 30.6 Å². The van der Waals surface area contributed by atoms with Crippen LogP contribution in [-0.2, 0) is 35.8 Å². The highest BCUT2D eigenvalue weighted by Crippen LogP contribution is 2.59. The van der Waals surface area contributed by atoms with E-state index in [4.69, 9.17) is 9.79 Å². The lowest BCUT2D eigenvalue weighted by Gasteiger charge is -2.29. The Kier molecular flexibility index (Phi) is 16.2. The third-order valence-electron chi connectivity index (χ3n) is 7.15. The number of hydrogen-bond donors (Lipinski definition) is 5. The zero-order valence-electron chi connectivity index (χ0n) is 26.6. The summed E-state index contributed by atoms with van der Waals surface area (Å²) in [6, 6.07) is 0.955. The SMILES string of the molecule is CCCCCN(CCCCC)C(=O)C(C)NC(=O)[C@@H](NC(=O)[C@@H](Cc1ccc(C(F)(F)P(=O)(O)O)cc1)NC(C)=O)C(C)C. The van der Waals surface area contributed by atoms with E-state index in [2.05, 4.69) is 29.8 Å². The van der Waals surface area contributed by atoms with Crippen LogP contribution in [0.5, 0.6) is 0 Å². The highest BCUT2D eigenvalue weighted by atomic mass is 31.2. The number of nitrogens with one attached hydrogen (secondary N) is 3. The van der Waals surface area contributed by atoms with Crippen LogP contribution in [0.25, 0.3) is 0 Å². The molecule has 44 heavy (non-hydrogen) atoms. The maximum atomic E-state index is 14.0. The number of carbonyl (C=O) groups is 4. The zero-order chi connectivity index (χ0) is 33.7. The van der Waals surface area contributed by atoms with Crippen molar-refractivity contribution >= 4 is 31.2 Å². The molecule has 11 nitrogen and oxygen atoms in total. The minimum atomic E-state index is -5.75. The fourth-order valence-corrected chi connectivity index (χ4v) is 5.05. The molecular formula is C30H49F2N4O7P. The maximum Gasteiger partial charge on any atom is 0.399 e. The third-order valence-corrected chi connectivity index (χ3v) is 8.14. The monoisotopic (exact) mass is 646 g/mol. The first-order chi connectivity index (χ1) is 20.5. The molecule has 0 saturated carbocycles. The van der Waals surface area contributed by atoms with Gasteiger partial charge in [0, 0.05) is 32.0 Å². The summed E-state index contributed by atoms with van der Waals surface area (Å²) in [6.07, 6.45) is 5.56. The lowest BCUT2D eigenvalue weighted by atomic mass is 10.00. The van der Waals surface area contributed by atoms with E-state index in [9.17, 15) is 32.5 Å². The third kappa shape index (κ3) is 12.2. The number of halogens is 2.